The van der Waals surface area contributed by atoms with Crippen LogP contribution in [-0.4, -0.2) is 42.8 Å². The van der Waals surface area contributed by atoms with Gasteiger partial charge in [0, 0.05) is 49.8 Å². The molecule has 118 valence electrons. The highest BCUT2D eigenvalue weighted by Gasteiger charge is 2.39. The van der Waals surface area contributed by atoms with Crippen LogP contribution in [0.5, 0.6) is 0 Å². The first-order valence-corrected chi connectivity index (χ1v) is 7.07. The van der Waals surface area contributed by atoms with Crippen LogP contribution in [0.2, 0.25) is 0 Å². The van der Waals surface area contributed by atoms with Crippen molar-refractivity contribution < 1.29 is 18.3 Å². The number of aliphatic hydroxyl groups excluding tert-OH is 1. The number of rotatable bonds is 4. The topological polar surface area (TPSA) is 35.5 Å². The molecule has 1 aromatic rings. The quantitative estimate of drug-likeness (QED) is 0.836. The van der Waals surface area contributed by atoms with Crippen LogP contribution in [0.25, 0.3) is 0 Å². The molecule has 1 aromatic carbocycles. The van der Waals surface area contributed by atoms with Gasteiger partial charge in [0.25, 0.3) is 0 Å². The second kappa shape index (κ2) is 6.34. The predicted octanol–water partition coefficient (Wildman–Crippen LogP) is 2.07. The third-order valence-corrected chi connectivity index (χ3v) is 4.02. The first-order valence-electron chi connectivity index (χ1n) is 7.07. The molecular weight excluding hydrogens is 281 g/mol. The van der Waals surface area contributed by atoms with Gasteiger partial charge in [0.15, 0.2) is 11.6 Å². The van der Waals surface area contributed by atoms with E-state index in [0.717, 1.165) is 12.1 Å². The standard InChI is InChI=1S/C15H21F3N2O/c1-15(2,9-21)14(20-7-5-19-6-8-20)12-10(16)3-4-11(17)13(12)18/h3-4,14,19,21H,5-9H2,1-2H3/t14-/m1/s1. The van der Waals surface area contributed by atoms with E-state index in [1.54, 1.807) is 13.8 Å². The summed E-state index contributed by atoms with van der Waals surface area (Å²) in [7, 11) is 0. The minimum absolute atomic E-state index is 0.253. The van der Waals surface area contributed by atoms with Crippen molar-refractivity contribution in [1.82, 2.24) is 10.2 Å². The third-order valence-electron chi connectivity index (χ3n) is 4.02. The van der Waals surface area contributed by atoms with Gasteiger partial charge in [0.1, 0.15) is 5.82 Å². The van der Waals surface area contributed by atoms with Crippen LogP contribution >= 0.6 is 0 Å². The molecule has 1 heterocycles. The van der Waals surface area contributed by atoms with Crippen molar-refractivity contribution in [2.45, 2.75) is 19.9 Å². The van der Waals surface area contributed by atoms with Crippen molar-refractivity contribution in [3.05, 3.63) is 35.1 Å². The fraction of sp³-hybridized carbons (Fsp3) is 0.600. The molecule has 1 saturated heterocycles. The Morgan fingerprint density at radius 1 is 1.19 bits per heavy atom. The molecule has 3 nitrogen and oxygen atoms in total. The Hall–Kier alpha value is -1.11. The van der Waals surface area contributed by atoms with Crippen LogP contribution in [0.1, 0.15) is 25.5 Å². The number of halogens is 3. The summed E-state index contributed by atoms with van der Waals surface area (Å²) in [5.41, 5.74) is -1.09. The van der Waals surface area contributed by atoms with Crippen molar-refractivity contribution in [3.63, 3.8) is 0 Å². The van der Waals surface area contributed by atoms with Gasteiger partial charge < -0.3 is 10.4 Å². The second-order valence-corrected chi connectivity index (χ2v) is 6.09. The van der Waals surface area contributed by atoms with Crippen molar-refractivity contribution in [2.75, 3.05) is 32.8 Å². The number of hydrogen-bond donors (Lipinski definition) is 2. The average molecular weight is 302 g/mol. The number of aliphatic hydroxyl groups is 1. The van der Waals surface area contributed by atoms with Gasteiger partial charge in [0.2, 0.25) is 0 Å². The number of benzene rings is 1. The van der Waals surface area contributed by atoms with Crippen LogP contribution < -0.4 is 5.32 Å². The molecule has 1 aliphatic rings. The van der Waals surface area contributed by atoms with Gasteiger partial charge >= 0.3 is 0 Å². The van der Waals surface area contributed by atoms with E-state index in [1.165, 1.54) is 0 Å². The lowest BCUT2D eigenvalue weighted by Gasteiger charge is -2.43. The zero-order valence-electron chi connectivity index (χ0n) is 12.3. The number of hydrogen-bond acceptors (Lipinski definition) is 3. The maximum Gasteiger partial charge on any atom is 0.166 e. The van der Waals surface area contributed by atoms with Gasteiger partial charge in [0.05, 0.1) is 0 Å². The van der Waals surface area contributed by atoms with Crippen molar-refractivity contribution in [1.29, 1.82) is 0 Å². The van der Waals surface area contributed by atoms with Crippen molar-refractivity contribution >= 4 is 0 Å². The fourth-order valence-corrected chi connectivity index (χ4v) is 2.89. The zero-order chi connectivity index (χ0) is 15.6. The van der Waals surface area contributed by atoms with Gasteiger partial charge in [-0.05, 0) is 12.1 Å². The number of nitrogens with zero attached hydrogens (tertiary/aromatic N) is 1. The Labute approximate surface area is 122 Å². The number of nitrogens with one attached hydrogen (secondary N) is 1. The molecule has 1 atom stereocenters. The summed E-state index contributed by atoms with van der Waals surface area (Å²) < 4.78 is 41.9. The van der Waals surface area contributed by atoms with E-state index in [4.69, 9.17) is 0 Å². The van der Waals surface area contributed by atoms with E-state index in [9.17, 15) is 18.3 Å². The highest BCUT2D eigenvalue weighted by Crippen LogP contribution is 2.40. The van der Waals surface area contributed by atoms with E-state index in [1.807, 2.05) is 4.90 Å². The molecule has 0 aromatic heterocycles. The van der Waals surface area contributed by atoms with Crippen molar-refractivity contribution in [3.8, 4) is 0 Å². The zero-order valence-corrected chi connectivity index (χ0v) is 12.3. The molecule has 2 rings (SSSR count). The first kappa shape index (κ1) is 16.3. The average Bonchev–Trinajstić information content (AvgIpc) is 2.48. The molecule has 0 amide bonds. The summed E-state index contributed by atoms with van der Waals surface area (Å²) in [5.74, 6) is -3.01. The van der Waals surface area contributed by atoms with Gasteiger partial charge in [-0.1, -0.05) is 13.8 Å². The largest absolute Gasteiger partial charge is 0.396 e. The highest BCUT2D eigenvalue weighted by molar-refractivity contribution is 5.26. The van der Waals surface area contributed by atoms with E-state index >= 15 is 0 Å². The van der Waals surface area contributed by atoms with Crippen LogP contribution in [0.15, 0.2) is 12.1 Å². The third kappa shape index (κ3) is 3.22. The Morgan fingerprint density at radius 2 is 1.76 bits per heavy atom. The molecule has 0 radical (unpaired) electrons. The summed E-state index contributed by atoms with van der Waals surface area (Å²) in [6.07, 6.45) is 0. The fourth-order valence-electron chi connectivity index (χ4n) is 2.89. The van der Waals surface area contributed by atoms with Gasteiger partial charge in [-0.2, -0.15) is 0 Å². The molecule has 0 saturated carbocycles. The lowest BCUT2D eigenvalue weighted by Crippen LogP contribution is -2.50. The van der Waals surface area contributed by atoms with Crippen LogP contribution in [-0.2, 0) is 0 Å². The lowest BCUT2D eigenvalue weighted by atomic mass is 9.79. The number of piperazine rings is 1. The predicted molar refractivity (Wildman–Crippen MR) is 74.4 cm³/mol. The Morgan fingerprint density at radius 3 is 2.33 bits per heavy atom. The smallest absolute Gasteiger partial charge is 0.166 e. The van der Waals surface area contributed by atoms with Gasteiger partial charge in [-0.15, -0.1) is 0 Å². The van der Waals surface area contributed by atoms with E-state index in [-0.39, 0.29) is 12.2 Å². The molecule has 2 N–H and O–H groups in total. The summed E-state index contributed by atoms with van der Waals surface area (Å²) in [6.45, 7) is 5.75. The molecule has 0 bridgehead atoms. The SMILES string of the molecule is CC(C)(CO)[C@@H](c1c(F)ccc(F)c1F)N1CCNCC1. The Kier molecular flexibility index (Phi) is 4.91. The van der Waals surface area contributed by atoms with E-state index < -0.39 is 28.9 Å². The summed E-state index contributed by atoms with van der Waals surface area (Å²) in [5, 5.41) is 12.8. The molecule has 0 spiro atoms. The second-order valence-electron chi connectivity index (χ2n) is 6.09. The van der Waals surface area contributed by atoms with Crippen LogP contribution in [0, 0.1) is 22.9 Å². The molecule has 1 aliphatic heterocycles. The van der Waals surface area contributed by atoms with E-state index in [0.29, 0.717) is 26.2 Å². The van der Waals surface area contributed by atoms with Crippen molar-refractivity contribution in [2.24, 2.45) is 5.41 Å². The van der Waals surface area contributed by atoms with Gasteiger partial charge in [-0.25, -0.2) is 13.2 Å². The van der Waals surface area contributed by atoms with Gasteiger partial charge in [-0.3, -0.25) is 4.90 Å². The summed E-state index contributed by atoms with van der Waals surface area (Å²) >= 11 is 0. The monoisotopic (exact) mass is 302 g/mol. The molecule has 6 heteroatoms. The lowest BCUT2D eigenvalue weighted by molar-refractivity contribution is 0.0262. The summed E-state index contributed by atoms with van der Waals surface area (Å²) in [6, 6.07) is 1.01. The Bertz CT molecular complexity index is 502. The highest BCUT2D eigenvalue weighted by atomic mass is 19.2. The normalized spacial score (nSPS) is 18.8. The molecule has 0 unspecified atom stereocenters. The minimum atomic E-state index is -1.17. The molecular formula is C15H21F3N2O. The molecule has 21 heavy (non-hydrogen) atoms. The first-order chi connectivity index (χ1) is 9.88. The maximum absolute atomic E-state index is 14.2. The maximum atomic E-state index is 14.2. The molecule has 1 fully saturated rings. The molecule has 0 aliphatic carbocycles. The van der Waals surface area contributed by atoms with Crippen LogP contribution in [0.3, 0.4) is 0 Å². The summed E-state index contributed by atoms with van der Waals surface area (Å²) in [4.78, 5) is 1.90. The van der Waals surface area contributed by atoms with Crippen LogP contribution in [0.4, 0.5) is 13.2 Å². The minimum Gasteiger partial charge on any atom is -0.396 e. The van der Waals surface area contributed by atoms with E-state index in [2.05, 4.69) is 5.32 Å². The Balaban J connectivity index is 2.52.